The van der Waals surface area contributed by atoms with Gasteiger partial charge in [0.2, 0.25) is 0 Å². The van der Waals surface area contributed by atoms with Crippen LogP contribution in [0, 0.1) is 6.92 Å². The van der Waals surface area contributed by atoms with E-state index in [9.17, 15) is 0 Å². The molecule has 0 saturated carbocycles. The SMILES string of the molecule is Cc1cc(CN[C@H](C)Cn2cccn2)on1. The van der Waals surface area contributed by atoms with Crippen LogP contribution in [0.4, 0.5) is 0 Å². The minimum Gasteiger partial charge on any atom is -0.360 e. The fourth-order valence-electron chi connectivity index (χ4n) is 1.53. The first-order valence-electron chi connectivity index (χ1n) is 5.37. The van der Waals surface area contributed by atoms with E-state index in [-0.39, 0.29) is 0 Å². The molecule has 0 aliphatic rings. The van der Waals surface area contributed by atoms with Crippen LogP contribution in [-0.2, 0) is 13.1 Å². The van der Waals surface area contributed by atoms with Gasteiger partial charge in [-0.3, -0.25) is 4.68 Å². The van der Waals surface area contributed by atoms with Gasteiger partial charge in [-0.25, -0.2) is 0 Å². The van der Waals surface area contributed by atoms with Crippen LogP contribution in [0.25, 0.3) is 0 Å². The Morgan fingerprint density at radius 1 is 1.56 bits per heavy atom. The molecule has 5 nitrogen and oxygen atoms in total. The fourth-order valence-corrected chi connectivity index (χ4v) is 1.53. The van der Waals surface area contributed by atoms with Crippen LogP contribution in [0.1, 0.15) is 18.4 Å². The van der Waals surface area contributed by atoms with Crippen molar-refractivity contribution in [3.8, 4) is 0 Å². The zero-order valence-corrected chi connectivity index (χ0v) is 9.55. The second kappa shape index (κ2) is 4.94. The van der Waals surface area contributed by atoms with Crippen LogP contribution in [0.5, 0.6) is 0 Å². The van der Waals surface area contributed by atoms with E-state index in [1.807, 2.05) is 29.9 Å². The molecule has 0 fully saturated rings. The molecule has 0 unspecified atom stereocenters. The smallest absolute Gasteiger partial charge is 0.150 e. The van der Waals surface area contributed by atoms with Crippen molar-refractivity contribution in [2.75, 3.05) is 0 Å². The van der Waals surface area contributed by atoms with E-state index in [0.717, 1.165) is 18.0 Å². The minimum absolute atomic E-state index is 0.338. The quantitative estimate of drug-likeness (QED) is 0.826. The monoisotopic (exact) mass is 220 g/mol. The number of hydrogen-bond donors (Lipinski definition) is 1. The lowest BCUT2D eigenvalue weighted by molar-refractivity contribution is 0.353. The molecule has 5 heteroatoms. The van der Waals surface area contributed by atoms with Crippen molar-refractivity contribution in [3.05, 3.63) is 36.0 Å². The summed E-state index contributed by atoms with van der Waals surface area (Å²) in [6.45, 7) is 5.58. The molecule has 0 aliphatic carbocycles. The van der Waals surface area contributed by atoms with Gasteiger partial charge >= 0.3 is 0 Å². The molecule has 1 atom stereocenters. The predicted octanol–water partition coefficient (Wildman–Crippen LogP) is 1.36. The maximum atomic E-state index is 5.11. The normalized spacial score (nSPS) is 12.9. The first-order valence-corrected chi connectivity index (χ1v) is 5.37. The maximum absolute atomic E-state index is 5.11. The van der Waals surface area contributed by atoms with E-state index in [2.05, 4.69) is 22.5 Å². The largest absolute Gasteiger partial charge is 0.360 e. The molecule has 86 valence electrons. The topological polar surface area (TPSA) is 55.9 Å². The van der Waals surface area contributed by atoms with E-state index in [1.54, 1.807) is 6.20 Å². The summed E-state index contributed by atoms with van der Waals surface area (Å²) in [4.78, 5) is 0. The number of nitrogens with one attached hydrogen (secondary N) is 1. The van der Waals surface area contributed by atoms with Crippen molar-refractivity contribution in [2.45, 2.75) is 33.0 Å². The fraction of sp³-hybridized carbons (Fsp3) is 0.455. The van der Waals surface area contributed by atoms with Gasteiger partial charge in [0.1, 0.15) is 0 Å². The number of hydrogen-bond acceptors (Lipinski definition) is 4. The molecule has 2 heterocycles. The van der Waals surface area contributed by atoms with E-state index in [0.29, 0.717) is 12.6 Å². The summed E-state index contributed by atoms with van der Waals surface area (Å²) in [5.41, 5.74) is 0.913. The summed E-state index contributed by atoms with van der Waals surface area (Å²) in [5, 5.41) is 11.3. The summed E-state index contributed by atoms with van der Waals surface area (Å²) in [5.74, 6) is 0.866. The Morgan fingerprint density at radius 3 is 3.06 bits per heavy atom. The van der Waals surface area contributed by atoms with E-state index >= 15 is 0 Å². The lowest BCUT2D eigenvalue weighted by atomic mass is 10.3. The molecular weight excluding hydrogens is 204 g/mol. The first-order chi connectivity index (χ1) is 7.74. The summed E-state index contributed by atoms with van der Waals surface area (Å²) in [6.07, 6.45) is 3.74. The van der Waals surface area contributed by atoms with E-state index in [4.69, 9.17) is 4.52 Å². The number of rotatable bonds is 5. The van der Waals surface area contributed by atoms with Gasteiger partial charge in [0.15, 0.2) is 5.76 Å². The highest BCUT2D eigenvalue weighted by molar-refractivity contribution is 5.02. The molecule has 0 aromatic carbocycles. The summed E-state index contributed by atoms with van der Waals surface area (Å²) in [6, 6.07) is 4.20. The molecule has 0 spiro atoms. The molecule has 0 saturated heterocycles. The zero-order chi connectivity index (χ0) is 11.4. The molecule has 0 aliphatic heterocycles. The molecule has 2 aromatic heterocycles. The van der Waals surface area contributed by atoms with Gasteiger partial charge in [-0.05, 0) is 19.9 Å². The van der Waals surface area contributed by atoms with Crippen LogP contribution in [-0.4, -0.2) is 21.0 Å². The Hall–Kier alpha value is -1.62. The third-order valence-electron chi connectivity index (χ3n) is 2.32. The van der Waals surface area contributed by atoms with E-state index < -0.39 is 0 Å². The molecule has 0 bridgehead atoms. The van der Waals surface area contributed by atoms with Gasteiger partial charge in [0.25, 0.3) is 0 Å². The number of nitrogens with zero attached hydrogens (tertiary/aromatic N) is 3. The summed E-state index contributed by atoms with van der Waals surface area (Å²) in [7, 11) is 0. The van der Waals surface area contributed by atoms with Crippen LogP contribution in [0.15, 0.2) is 29.0 Å². The third kappa shape index (κ3) is 2.93. The lowest BCUT2D eigenvalue weighted by Crippen LogP contribution is -2.29. The molecular formula is C11H16N4O. The highest BCUT2D eigenvalue weighted by Gasteiger charge is 2.05. The van der Waals surface area contributed by atoms with Gasteiger partial charge in [-0.2, -0.15) is 5.10 Å². The zero-order valence-electron chi connectivity index (χ0n) is 9.55. The number of aryl methyl sites for hydroxylation is 1. The van der Waals surface area contributed by atoms with Crippen LogP contribution in [0.2, 0.25) is 0 Å². The standard InChI is InChI=1S/C11H16N4O/c1-9-6-11(16-14-9)7-12-10(2)8-15-5-3-4-13-15/h3-6,10,12H,7-8H2,1-2H3/t10-/m1/s1. The van der Waals surface area contributed by atoms with Crippen LogP contribution < -0.4 is 5.32 Å². The average molecular weight is 220 g/mol. The Bertz CT molecular complexity index is 421. The predicted molar refractivity (Wildman–Crippen MR) is 59.8 cm³/mol. The van der Waals surface area contributed by atoms with Crippen LogP contribution in [0.3, 0.4) is 0 Å². The van der Waals surface area contributed by atoms with Crippen molar-refractivity contribution in [3.63, 3.8) is 0 Å². The second-order valence-electron chi connectivity index (χ2n) is 3.94. The Kier molecular flexibility index (Phi) is 3.36. The maximum Gasteiger partial charge on any atom is 0.150 e. The summed E-state index contributed by atoms with van der Waals surface area (Å²) >= 11 is 0. The Morgan fingerprint density at radius 2 is 2.44 bits per heavy atom. The van der Waals surface area contributed by atoms with Gasteiger partial charge in [-0.15, -0.1) is 0 Å². The molecule has 0 amide bonds. The molecule has 1 N–H and O–H groups in total. The lowest BCUT2D eigenvalue weighted by Gasteiger charge is -2.12. The van der Waals surface area contributed by atoms with E-state index in [1.165, 1.54) is 0 Å². The van der Waals surface area contributed by atoms with Gasteiger partial charge in [0, 0.05) is 24.5 Å². The van der Waals surface area contributed by atoms with Crippen molar-refractivity contribution in [1.82, 2.24) is 20.3 Å². The summed E-state index contributed by atoms with van der Waals surface area (Å²) < 4.78 is 7.02. The molecule has 2 rings (SSSR count). The molecule has 0 radical (unpaired) electrons. The minimum atomic E-state index is 0.338. The van der Waals surface area contributed by atoms with Crippen molar-refractivity contribution < 1.29 is 4.52 Å². The van der Waals surface area contributed by atoms with Crippen molar-refractivity contribution in [1.29, 1.82) is 0 Å². The third-order valence-corrected chi connectivity index (χ3v) is 2.32. The molecule has 16 heavy (non-hydrogen) atoms. The second-order valence-corrected chi connectivity index (χ2v) is 3.94. The Balaban J connectivity index is 1.77. The van der Waals surface area contributed by atoms with Gasteiger partial charge in [-0.1, -0.05) is 5.16 Å². The van der Waals surface area contributed by atoms with Gasteiger partial charge < -0.3 is 9.84 Å². The highest BCUT2D eigenvalue weighted by Crippen LogP contribution is 2.02. The Labute approximate surface area is 94.4 Å². The van der Waals surface area contributed by atoms with Crippen LogP contribution >= 0.6 is 0 Å². The van der Waals surface area contributed by atoms with Crippen molar-refractivity contribution in [2.24, 2.45) is 0 Å². The van der Waals surface area contributed by atoms with Crippen molar-refractivity contribution >= 4 is 0 Å². The van der Waals surface area contributed by atoms with Gasteiger partial charge in [0.05, 0.1) is 18.8 Å². The first kappa shape index (κ1) is 10.9. The molecule has 2 aromatic rings. The highest BCUT2D eigenvalue weighted by atomic mass is 16.5. The number of aromatic nitrogens is 3. The average Bonchev–Trinajstić information content (AvgIpc) is 2.87.